The van der Waals surface area contributed by atoms with E-state index in [1.165, 1.54) is 18.4 Å². The molecule has 0 aromatic rings. The van der Waals surface area contributed by atoms with E-state index in [1.807, 2.05) is 0 Å². The van der Waals surface area contributed by atoms with Crippen LogP contribution in [0.25, 0.3) is 0 Å². The zero-order valence-electron chi connectivity index (χ0n) is 10.4. The lowest BCUT2D eigenvalue weighted by atomic mass is 10.0. The van der Waals surface area contributed by atoms with Crippen molar-refractivity contribution in [1.82, 2.24) is 5.32 Å². The third-order valence-corrected chi connectivity index (χ3v) is 2.80. The predicted octanol–water partition coefficient (Wildman–Crippen LogP) is 2.75. The zero-order valence-corrected chi connectivity index (χ0v) is 10.4. The maximum absolute atomic E-state index is 5.44. The van der Waals surface area contributed by atoms with Gasteiger partial charge in [-0.3, -0.25) is 0 Å². The fraction of sp³-hybridized carbons (Fsp3) is 0.846. The van der Waals surface area contributed by atoms with Gasteiger partial charge < -0.3 is 10.1 Å². The average Bonchev–Trinajstić information content (AvgIpc) is 2.18. The number of rotatable bonds is 5. The first-order chi connectivity index (χ1) is 7.18. The van der Waals surface area contributed by atoms with Crippen LogP contribution in [0.5, 0.6) is 0 Å². The molecule has 1 heterocycles. The highest BCUT2D eigenvalue weighted by Crippen LogP contribution is 2.11. The summed E-state index contributed by atoms with van der Waals surface area (Å²) in [5.41, 5.74) is 1.50. The molecular formula is C13H25NO. The lowest BCUT2D eigenvalue weighted by Crippen LogP contribution is -2.41. The van der Waals surface area contributed by atoms with E-state index in [0.29, 0.717) is 6.04 Å². The molecule has 0 bridgehead atoms. The van der Waals surface area contributed by atoms with Crippen LogP contribution in [0.3, 0.4) is 0 Å². The molecule has 0 radical (unpaired) electrons. The first-order valence-corrected chi connectivity index (χ1v) is 6.15. The minimum Gasteiger partial charge on any atom is -0.379 e. The maximum Gasteiger partial charge on any atom is 0.0623 e. The van der Waals surface area contributed by atoms with Gasteiger partial charge >= 0.3 is 0 Å². The van der Waals surface area contributed by atoms with E-state index in [4.69, 9.17) is 4.74 Å². The van der Waals surface area contributed by atoms with Crippen molar-refractivity contribution in [3.05, 3.63) is 11.6 Å². The Labute approximate surface area is 94.1 Å². The smallest absolute Gasteiger partial charge is 0.0623 e. The molecule has 1 fully saturated rings. The fourth-order valence-corrected chi connectivity index (χ4v) is 1.89. The minimum atomic E-state index is 0.536. The van der Waals surface area contributed by atoms with Crippen LogP contribution in [0, 0.1) is 5.92 Å². The van der Waals surface area contributed by atoms with Crippen molar-refractivity contribution >= 4 is 0 Å². The number of hydrogen-bond donors (Lipinski definition) is 1. The second-order valence-corrected chi connectivity index (χ2v) is 4.95. The molecular weight excluding hydrogens is 186 g/mol. The van der Waals surface area contributed by atoms with Crippen LogP contribution in [0.1, 0.15) is 40.0 Å². The van der Waals surface area contributed by atoms with Crippen LogP contribution < -0.4 is 5.32 Å². The zero-order chi connectivity index (χ0) is 11.1. The molecule has 88 valence electrons. The van der Waals surface area contributed by atoms with Crippen molar-refractivity contribution < 1.29 is 4.74 Å². The highest BCUT2D eigenvalue weighted by atomic mass is 16.5. The van der Waals surface area contributed by atoms with Gasteiger partial charge in [-0.05, 0) is 32.1 Å². The van der Waals surface area contributed by atoms with E-state index in [0.717, 1.165) is 32.1 Å². The molecule has 0 spiro atoms. The van der Waals surface area contributed by atoms with Crippen molar-refractivity contribution in [3.8, 4) is 0 Å². The van der Waals surface area contributed by atoms with Crippen molar-refractivity contribution in [2.75, 3.05) is 19.8 Å². The van der Waals surface area contributed by atoms with Crippen LogP contribution in [-0.4, -0.2) is 25.8 Å². The second-order valence-electron chi connectivity index (χ2n) is 4.95. The van der Waals surface area contributed by atoms with E-state index in [-0.39, 0.29) is 0 Å². The Morgan fingerprint density at radius 2 is 2.33 bits per heavy atom. The molecule has 0 aliphatic carbocycles. The second kappa shape index (κ2) is 7.02. The van der Waals surface area contributed by atoms with Gasteiger partial charge in [0.25, 0.3) is 0 Å². The fourth-order valence-electron chi connectivity index (χ4n) is 1.89. The Hall–Kier alpha value is -0.340. The summed E-state index contributed by atoms with van der Waals surface area (Å²) in [7, 11) is 0. The predicted molar refractivity (Wildman–Crippen MR) is 65.1 cm³/mol. The summed E-state index contributed by atoms with van der Waals surface area (Å²) in [4.78, 5) is 0. The topological polar surface area (TPSA) is 21.3 Å². The van der Waals surface area contributed by atoms with E-state index < -0.39 is 0 Å². The summed E-state index contributed by atoms with van der Waals surface area (Å²) < 4.78 is 5.44. The quantitative estimate of drug-likeness (QED) is 0.706. The van der Waals surface area contributed by atoms with Crippen LogP contribution >= 0.6 is 0 Å². The molecule has 15 heavy (non-hydrogen) atoms. The van der Waals surface area contributed by atoms with E-state index >= 15 is 0 Å². The highest BCUT2D eigenvalue weighted by molar-refractivity contribution is 5.01. The monoisotopic (exact) mass is 211 g/mol. The third kappa shape index (κ3) is 5.95. The summed E-state index contributed by atoms with van der Waals surface area (Å²) in [5.74, 6) is 0.810. The van der Waals surface area contributed by atoms with Gasteiger partial charge in [0.2, 0.25) is 0 Å². The lowest BCUT2D eigenvalue weighted by Gasteiger charge is -2.24. The molecule has 0 amide bonds. The molecule has 0 aromatic carbocycles. The van der Waals surface area contributed by atoms with Gasteiger partial charge in [-0.25, -0.2) is 0 Å². The molecule has 1 rings (SSSR count). The van der Waals surface area contributed by atoms with Crippen molar-refractivity contribution in [2.24, 2.45) is 5.92 Å². The summed E-state index contributed by atoms with van der Waals surface area (Å²) in [6.07, 6.45) is 6.04. The van der Waals surface area contributed by atoms with Crippen LogP contribution in [-0.2, 0) is 4.74 Å². The Morgan fingerprint density at radius 1 is 1.53 bits per heavy atom. The van der Waals surface area contributed by atoms with Gasteiger partial charge in [0, 0.05) is 12.6 Å². The summed E-state index contributed by atoms with van der Waals surface area (Å²) >= 11 is 0. The molecule has 0 aromatic heterocycles. The molecule has 1 aliphatic rings. The van der Waals surface area contributed by atoms with Crippen LogP contribution in [0.15, 0.2) is 11.6 Å². The van der Waals surface area contributed by atoms with Gasteiger partial charge in [-0.2, -0.15) is 0 Å². The Morgan fingerprint density at radius 3 is 2.93 bits per heavy atom. The van der Waals surface area contributed by atoms with Gasteiger partial charge in [0.1, 0.15) is 0 Å². The third-order valence-electron chi connectivity index (χ3n) is 2.80. The van der Waals surface area contributed by atoms with Gasteiger partial charge in [-0.15, -0.1) is 0 Å². The van der Waals surface area contributed by atoms with E-state index in [1.54, 1.807) is 0 Å². The first-order valence-electron chi connectivity index (χ1n) is 6.15. The molecule has 1 unspecified atom stereocenters. The number of hydrogen-bond acceptors (Lipinski definition) is 2. The summed E-state index contributed by atoms with van der Waals surface area (Å²) in [6.45, 7) is 9.53. The molecule has 1 N–H and O–H groups in total. The summed E-state index contributed by atoms with van der Waals surface area (Å²) in [6, 6.07) is 0.536. The largest absolute Gasteiger partial charge is 0.379 e. The SMILES string of the molecule is C/C(=C/CCC(C)C)CC1COCCN1. The molecule has 0 saturated carbocycles. The minimum absolute atomic E-state index is 0.536. The molecule has 1 aliphatic heterocycles. The standard InChI is InChI=1S/C13H25NO/c1-11(2)5-4-6-12(3)9-13-10-15-8-7-14-13/h6,11,13-14H,4-5,7-10H2,1-3H3/b12-6-. The maximum atomic E-state index is 5.44. The number of morpholine rings is 1. The Bertz CT molecular complexity index is 193. The van der Waals surface area contributed by atoms with Crippen molar-refractivity contribution in [1.29, 1.82) is 0 Å². The Balaban J connectivity index is 2.18. The van der Waals surface area contributed by atoms with Gasteiger partial charge in [0.05, 0.1) is 13.2 Å². The average molecular weight is 211 g/mol. The van der Waals surface area contributed by atoms with E-state index in [9.17, 15) is 0 Å². The van der Waals surface area contributed by atoms with Crippen molar-refractivity contribution in [2.45, 2.75) is 46.1 Å². The summed E-state index contributed by atoms with van der Waals surface area (Å²) in [5, 5.41) is 3.48. The lowest BCUT2D eigenvalue weighted by molar-refractivity contribution is 0.0770. The number of allylic oxidation sites excluding steroid dienone is 1. The molecule has 2 nitrogen and oxygen atoms in total. The van der Waals surface area contributed by atoms with E-state index in [2.05, 4.69) is 32.2 Å². The molecule has 1 atom stereocenters. The Kier molecular flexibility index (Phi) is 5.96. The van der Waals surface area contributed by atoms with Crippen molar-refractivity contribution in [3.63, 3.8) is 0 Å². The highest BCUT2D eigenvalue weighted by Gasteiger charge is 2.12. The first kappa shape index (κ1) is 12.7. The van der Waals surface area contributed by atoms with Crippen LogP contribution in [0.2, 0.25) is 0 Å². The normalized spacial score (nSPS) is 23.5. The molecule has 1 saturated heterocycles. The number of ether oxygens (including phenoxy) is 1. The van der Waals surface area contributed by atoms with Crippen LogP contribution in [0.4, 0.5) is 0 Å². The number of nitrogens with one attached hydrogen (secondary N) is 1. The van der Waals surface area contributed by atoms with Gasteiger partial charge in [-0.1, -0.05) is 25.5 Å². The van der Waals surface area contributed by atoms with Gasteiger partial charge in [0.15, 0.2) is 0 Å². The molecule has 2 heteroatoms.